The van der Waals surface area contributed by atoms with Crippen molar-refractivity contribution in [2.45, 2.75) is 13.5 Å². The summed E-state index contributed by atoms with van der Waals surface area (Å²) in [5.74, 6) is -1.39. The first kappa shape index (κ1) is 20.6. The number of rotatable bonds is 6. The van der Waals surface area contributed by atoms with Crippen molar-refractivity contribution in [1.82, 2.24) is 9.99 Å². The highest BCUT2D eigenvalue weighted by Crippen LogP contribution is 2.25. The van der Waals surface area contributed by atoms with E-state index in [0.29, 0.717) is 0 Å². The van der Waals surface area contributed by atoms with Crippen LogP contribution in [-0.2, 0) is 16.1 Å². The molecular formula is C19H16ClN3O5S. The molecule has 1 heterocycles. The zero-order chi connectivity index (χ0) is 21.0. The Morgan fingerprint density at radius 3 is 2.69 bits per heavy atom. The van der Waals surface area contributed by atoms with Crippen molar-refractivity contribution in [1.29, 1.82) is 0 Å². The number of esters is 1. The van der Waals surface area contributed by atoms with Gasteiger partial charge in [0.15, 0.2) is 0 Å². The molecule has 0 saturated heterocycles. The Balaban J connectivity index is 1.75. The van der Waals surface area contributed by atoms with Crippen LogP contribution in [-0.4, -0.2) is 34.4 Å². The molecule has 2 N–H and O–H groups in total. The lowest BCUT2D eigenvalue weighted by Gasteiger charge is -2.05. The molecule has 0 bridgehead atoms. The average Bonchev–Trinajstić information content (AvgIpc) is 2.95. The Hall–Kier alpha value is -3.17. The highest BCUT2D eigenvalue weighted by atomic mass is 35.5. The van der Waals surface area contributed by atoms with Gasteiger partial charge in [-0.25, -0.2) is 5.43 Å². The summed E-state index contributed by atoms with van der Waals surface area (Å²) in [5.41, 5.74) is 2.34. The molecule has 0 atom stereocenters. The number of ether oxygens (including phenoxy) is 1. The predicted octanol–water partition coefficient (Wildman–Crippen LogP) is 2.75. The number of nitrogens with zero attached hydrogens (tertiary/aromatic N) is 2. The quantitative estimate of drug-likeness (QED) is 0.353. The summed E-state index contributed by atoms with van der Waals surface area (Å²) in [6, 6.07) is 10.3. The number of carbonyl (C=O) groups excluding carboxylic acids is 2. The van der Waals surface area contributed by atoms with Crippen LogP contribution in [0.2, 0.25) is 5.15 Å². The largest absolute Gasteiger partial charge is 0.507 e. The fraction of sp³-hybridized carbons (Fsp3) is 0.158. The van der Waals surface area contributed by atoms with E-state index < -0.39 is 16.7 Å². The van der Waals surface area contributed by atoms with Gasteiger partial charge in [0.05, 0.1) is 23.3 Å². The van der Waals surface area contributed by atoms with Gasteiger partial charge in [0.1, 0.15) is 17.4 Å². The predicted molar refractivity (Wildman–Crippen MR) is 111 cm³/mol. The number of hydrogen-bond donors (Lipinski definition) is 2. The number of nitrogens with one attached hydrogen (secondary N) is 1. The number of phenols is 1. The van der Waals surface area contributed by atoms with Crippen LogP contribution in [0.15, 0.2) is 46.3 Å². The molecular weight excluding hydrogens is 418 g/mol. The van der Waals surface area contributed by atoms with E-state index in [-0.39, 0.29) is 34.5 Å². The van der Waals surface area contributed by atoms with Crippen molar-refractivity contribution < 1.29 is 19.4 Å². The number of amides is 1. The molecule has 1 aromatic heterocycles. The molecule has 0 aliphatic rings. The number of thiazole rings is 1. The average molecular weight is 434 g/mol. The SMILES string of the molecule is CCOC(=O)Cn1c(Cl)c(/C=N/NC(=O)c2cc3ccccc3cc2O)sc1=O. The van der Waals surface area contributed by atoms with Crippen LogP contribution in [0, 0.1) is 0 Å². The maximum absolute atomic E-state index is 12.3. The smallest absolute Gasteiger partial charge is 0.326 e. The van der Waals surface area contributed by atoms with Crippen LogP contribution in [0.5, 0.6) is 5.75 Å². The van der Waals surface area contributed by atoms with Crippen molar-refractivity contribution in [3.63, 3.8) is 0 Å². The number of aromatic hydroxyl groups is 1. The summed E-state index contributed by atoms with van der Waals surface area (Å²) < 4.78 is 5.86. The van der Waals surface area contributed by atoms with Gasteiger partial charge in [-0.15, -0.1) is 0 Å². The van der Waals surface area contributed by atoms with Crippen molar-refractivity contribution in [2.24, 2.45) is 5.10 Å². The second-order valence-electron chi connectivity index (χ2n) is 5.83. The van der Waals surface area contributed by atoms with Gasteiger partial charge in [0.25, 0.3) is 5.91 Å². The molecule has 1 amide bonds. The molecule has 0 aliphatic carbocycles. The second kappa shape index (κ2) is 8.89. The number of phenolic OH excluding ortho intramolecular Hbond substituents is 1. The molecule has 0 aliphatic heterocycles. The van der Waals surface area contributed by atoms with E-state index in [2.05, 4.69) is 10.5 Å². The molecule has 8 nitrogen and oxygen atoms in total. The summed E-state index contributed by atoms with van der Waals surface area (Å²) >= 11 is 6.89. The first-order valence-corrected chi connectivity index (χ1v) is 9.70. The third-order valence-corrected chi connectivity index (χ3v) is 5.34. The van der Waals surface area contributed by atoms with Gasteiger partial charge in [-0.3, -0.25) is 19.0 Å². The van der Waals surface area contributed by atoms with Gasteiger partial charge in [-0.05, 0) is 29.8 Å². The number of aromatic nitrogens is 1. The van der Waals surface area contributed by atoms with Crippen LogP contribution in [0.4, 0.5) is 0 Å². The monoisotopic (exact) mass is 433 g/mol. The maximum Gasteiger partial charge on any atom is 0.326 e. The lowest BCUT2D eigenvalue weighted by molar-refractivity contribution is -0.143. The first-order chi connectivity index (χ1) is 13.9. The molecule has 2 aromatic carbocycles. The van der Waals surface area contributed by atoms with E-state index in [0.717, 1.165) is 26.7 Å². The van der Waals surface area contributed by atoms with Gasteiger partial charge >= 0.3 is 10.8 Å². The zero-order valence-corrected chi connectivity index (χ0v) is 16.8. The summed E-state index contributed by atoms with van der Waals surface area (Å²) in [5, 5.41) is 15.5. The van der Waals surface area contributed by atoms with Crippen molar-refractivity contribution in [3.8, 4) is 5.75 Å². The standard InChI is InChI=1S/C19H16ClN3O5S/c1-2-28-16(25)10-23-17(20)15(29-19(23)27)9-21-22-18(26)13-7-11-5-3-4-6-12(11)8-14(13)24/h3-9,24H,2,10H2,1H3,(H,22,26)/b21-9+. The van der Waals surface area contributed by atoms with Gasteiger partial charge in [0.2, 0.25) is 0 Å². The number of benzene rings is 2. The summed E-state index contributed by atoms with van der Waals surface area (Å²) in [4.78, 5) is 35.7. The summed E-state index contributed by atoms with van der Waals surface area (Å²) in [7, 11) is 0. The highest BCUT2D eigenvalue weighted by Gasteiger charge is 2.16. The van der Waals surface area contributed by atoms with E-state index in [4.69, 9.17) is 16.3 Å². The number of hydrazone groups is 1. The topological polar surface area (TPSA) is 110 Å². The highest BCUT2D eigenvalue weighted by molar-refractivity contribution is 7.11. The van der Waals surface area contributed by atoms with Gasteiger partial charge in [-0.2, -0.15) is 5.10 Å². The molecule has 3 rings (SSSR count). The van der Waals surface area contributed by atoms with Gasteiger partial charge in [-0.1, -0.05) is 47.2 Å². The van der Waals surface area contributed by atoms with Crippen LogP contribution in [0.1, 0.15) is 22.2 Å². The first-order valence-electron chi connectivity index (χ1n) is 8.50. The molecule has 3 aromatic rings. The molecule has 0 saturated carbocycles. The molecule has 0 spiro atoms. The van der Waals surface area contributed by atoms with Crippen LogP contribution >= 0.6 is 22.9 Å². The fourth-order valence-corrected chi connectivity index (χ4v) is 3.68. The van der Waals surface area contributed by atoms with Crippen molar-refractivity contribution in [3.05, 3.63) is 61.7 Å². The Morgan fingerprint density at radius 2 is 2.00 bits per heavy atom. The Labute approximate surface area is 174 Å². The van der Waals surface area contributed by atoms with E-state index in [1.807, 2.05) is 24.3 Å². The van der Waals surface area contributed by atoms with Gasteiger partial charge < -0.3 is 9.84 Å². The molecule has 150 valence electrons. The minimum Gasteiger partial charge on any atom is -0.507 e. The van der Waals surface area contributed by atoms with Crippen molar-refractivity contribution >= 4 is 51.8 Å². The van der Waals surface area contributed by atoms with E-state index in [9.17, 15) is 19.5 Å². The summed E-state index contributed by atoms with van der Waals surface area (Å²) in [6.07, 6.45) is 1.20. The summed E-state index contributed by atoms with van der Waals surface area (Å²) in [6.45, 7) is 1.54. The van der Waals surface area contributed by atoms with E-state index in [1.54, 1.807) is 13.0 Å². The Morgan fingerprint density at radius 1 is 1.31 bits per heavy atom. The molecule has 10 heteroatoms. The molecule has 0 fully saturated rings. The van der Waals surface area contributed by atoms with E-state index >= 15 is 0 Å². The zero-order valence-electron chi connectivity index (χ0n) is 15.2. The van der Waals surface area contributed by atoms with Crippen LogP contribution in [0.3, 0.4) is 0 Å². The minimum atomic E-state index is -0.626. The number of fused-ring (bicyclic) bond motifs is 1. The van der Waals surface area contributed by atoms with Gasteiger partial charge in [0, 0.05) is 0 Å². The van der Waals surface area contributed by atoms with Crippen LogP contribution < -0.4 is 10.3 Å². The van der Waals surface area contributed by atoms with E-state index in [1.165, 1.54) is 12.3 Å². The molecule has 0 radical (unpaired) electrons. The number of halogens is 1. The normalized spacial score (nSPS) is 11.1. The molecule has 0 unspecified atom stereocenters. The lowest BCUT2D eigenvalue weighted by Crippen LogP contribution is -2.21. The van der Waals surface area contributed by atoms with Crippen molar-refractivity contribution in [2.75, 3.05) is 6.61 Å². The number of carbonyl (C=O) groups is 2. The Bertz CT molecular complexity index is 1170. The Kier molecular flexibility index (Phi) is 6.30. The maximum atomic E-state index is 12.3. The lowest BCUT2D eigenvalue weighted by atomic mass is 10.1. The van der Waals surface area contributed by atoms with Crippen LogP contribution in [0.25, 0.3) is 10.8 Å². The third-order valence-electron chi connectivity index (χ3n) is 3.91. The fourth-order valence-electron chi connectivity index (χ4n) is 2.57. The number of hydrogen-bond acceptors (Lipinski definition) is 7. The second-order valence-corrected chi connectivity index (χ2v) is 7.18. The minimum absolute atomic E-state index is 0.0135. The molecule has 29 heavy (non-hydrogen) atoms. The third kappa shape index (κ3) is 4.64.